The lowest BCUT2D eigenvalue weighted by atomic mass is 10.2. The zero-order valence-electron chi connectivity index (χ0n) is 20.5. The van der Waals surface area contributed by atoms with Crippen molar-refractivity contribution in [2.75, 3.05) is 45.7 Å². The van der Waals surface area contributed by atoms with Crippen molar-refractivity contribution >= 4 is 29.4 Å². The van der Waals surface area contributed by atoms with Gasteiger partial charge < -0.3 is 30.1 Å². The van der Waals surface area contributed by atoms with Gasteiger partial charge in [-0.3, -0.25) is 4.79 Å². The number of rotatable bonds is 5. The first-order valence-electron chi connectivity index (χ1n) is 10.8. The number of carbonyl (C=O) groups excluding carboxylic acids is 1. The van der Waals surface area contributed by atoms with Crippen LogP contribution in [0.3, 0.4) is 0 Å². The summed E-state index contributed by atoms with van der Waals surface area (Å²) in [5, 5.41) is 17.5. The van der Waals surface area contributed by atoms with Gasteiger partial charge in [-0.15, -0.1) is 0 Å². The van der Waals surface area contributed by atoms with Crippen molar-refractivity contribution in [3.63, 3.8) is 0 Å². The number of carboxylic acids is 2. The van der Waals surface area contributed by atoms with Crippen LogP contribution in [0.2, 0.25) is 0 Å². The van der Waals surface area contributed by atoms with Gasteiger partial charge in [-0.25, -0.2) is 19.6 Å². The van der Waals surface area contributed by atoms with Crippen molar-refractivity contribution in [1.29, 1.82) is 0 Å². The number of aliphatic carboxylic acids is 2. The first kappa shape index (κ1) is 33.0. The molecule has 1 saturated heterocycles. The molecular weight excluding hydrogens is 544 g/mol. The summed E-state index contributed by atoms with van der Waals surface area (Å²) in [7, 11) is 3.77. The molecule has 1 amide bonds. The molecule has 0 radical (unpaired) electrons. The van der Waals surface area contributed by atoms with E-state index in [2.05, 4.69) is 15.3 Å². The van der Waals surface area contributed by atoms with Crippen molar-refractivity contribution in [1.82, 2.24) is 19.8 Å². The Morgan fingerprint density at radius 2 is 1.56 bits per heavy atom. The highest BCUT2D eigenvalue weighted by Crippen LogP contribution is 2.23. The van der Waals surface area contributed by atoms with E-state index in [1.54, 1.807) is 6.20 Å². The van der Waals surface area contributed by atoms with Gasteiger partial charge in [0.2, 0.25) is 5.91 Å². The highest BCUT2D eigenvalue weighted by atomic mass is 19.4. The maximum Gasteiger partial charge on any atom is 0.490 e. The minimum Gasteiger partial charge on any atom is -0.475 e. The van der Waals surface area contributed by atoms with E-state index >= 15 is 0 Å². The molecular formula is C22H25F6N5O6. The lowest BCUT2D eigenvalue weighted by Crippen LogP contribution is -2.47. The molecule has 2 aromatic rings. The largest absolute Gasteiger partial charge is 0.490 e. The normalized spacial score (nSPS) is 15.3. The van der Waals surface area contributed by atoms with E-state index in [0.717, 1.165) is 5.69 Å². The van der Waals surface area contributed by atoms with Gasteiger partial charge >= 0.3 is 24.3 Å². The third-order valence-electron chi connectivity index (χ3n) is 4.40. The van der Waals surface area contributed by atoms with E-state index in [1.807, 2.05) is 60.3 Å². The average Bonchev–Trinajstić information content (AvgIpc) is 2.84. The minimum absolute atomic E-state index is 0.0586. The molecule has 0 aliphatic carbocycles. The highest BCUT2D eigenvalue weighted by Gasteiger charge is 2.39. The van der Waals surface area contributed by atoms with Crippen LogP contribution in [0.25, 0.3) is 0 Å². The molecule has 39 heavy (non-hydrogen) atoms. The Hall–Kier alpha value is -3.99. The molecule has 2 heterocycles. The Bertz CT molecular complexity index is 1060. The van der Waals surface area contributed by atoms with Gasteiger partial charge in [0.25, 0.3) is 0 Å². The Labute approximate surface area is 218 Å². The van der Waals surface area contributed by atoms with Crippen LogP contribution in [0.1, 0.15) is 11.9 Å². The maximum absolute atomic E-state index is 12.5. The van der Waals surface area contributed by atoms with E-state index in [-0.39, 0.29) is 11.9 Å². The molecule has 0 spiro atoms. The molecule has 3 N–H and O–H groups in total. The van der Waals surface area contributed by atoms with E-state index in [9.17, 15) is 31.1 Å². The predicted octanol–water partition coefficient (Wildman–Crippen LogP) is 2.95. The summed E-state index contributed by atoms with van der Waals surface area (Å²) >= 11 is 0. The zero-order valence-corrected chi connectivity index (χ0v) is 20.5. The number of aromatic nitrogens is 2. The van der Waals surface area contributed by atoms with E-state index in [1.165, 1.54) is 0 Å². The predicted molar refractivity (Wildman–Crippen MR) is 123 cm³/mol. The molecule has 0 bridgehead atoms. The number of anilines is 2. The second-order valence-electron chi connectivity index (χ2n) is 7.81. The number of halogens is 6. The number of ether oxygens (including phenoxy) is 1. The van der Waals surface area contributed by atoms with Gasteiger partial charge in [-0.1, -0.05) is 18.2 Å². The molecule has 1 aromatic heterocycles. The fourth-order valence-electron chi connectivity index (χ4n) is 2.75. The van der Waals surface area contributed by atoms with Crippen LogP contribution in [-0.4, -0.2) is 101 Å². The number of alkyl halides is 6. The van der Waals surface area contributed by atoms with Crippen LogP contribution in [0.5, 0.6) is 0 Å². The molecule has 17 heteroatoms. The third kappa shape index (κ3) is 12.4. The van der Waals surface area contributed by atoms with Crippen LogP contribution in [0.4, 0.5) is 37.8 Å². The number of benzene rings is 1. The van der Waals surface area contributed by atoms with Gasteiger partial charge in [-0.2, -0.15) is 26.3 Å². The standard InChI is InChI=1S/C18H23N5O2.2C2HF3O2/c1-22(2)12-17(24)23-10-11-25-13-15(23)18-19-9-8-16(21-18)20-14-6-4-3-5-7-14;2*3-2(4,5)1(6)7/h3-9,15H,10-13H2,1-2H3,(H,19,20,21);2*(H,6,7). The molecule has 1 aromatic carbocycles. The summed E-state index contributed by atoms with van der Waals surface area (Å²) in [6, 6.07) is 11.4. The number of amides is 1. The monoisotopic (exact) mass is 569 g/mol. The Morgan fingerprint density at radius 1 is 1.03 bits per heavy atom. The summed E-state index contributed by atoms with van der Waals surface area (Å²) < 4.78 is 69.0. The summed E-state index contributed by atoms with van der Waals surface area (Å²) in [6.07, 6.45) is -8.46. The van der Waals surface area contributed by atoms with Crippen molar-refractivity contribution in [2.24, 2.45) is 0 Å². The lowest BCUT2D eigenvalue weighted by molar-refractivity contribution is -0.193. The van der Waals surface area contributed by atoms with Gasteiger partial charge in [0.15, 0.2) is 5.82 Å². The Kier molecular flexibility index (Phi) is 12.6. The molecule has 11 nitrogen and oxygen atoms in total. The molecule has 0 saturated carbocycles. The quantitative estimate of drug-likeness (QED) is 0.460. The molecule has 1 fully saturated rings. The van der Waals surface area contributed by atoms with Crippen molar-refractivity contribution < 1.29 is 55.7 Å². The number of hydrogen-bond donors (Lipinski definition) is 3. The number of para-hydroxylation sites is 1. The van der Waals surface area contributed by atoms with Crippen LogP contribution in [0, 0.1) is 0 Å². The number of hydrogen-bond acceptors (Lipinski definition) is 8. The SMILES string of the molecule is CN(C)CC(=O)N1CCOCC1c1nccc(Nc2ccccc2)n1.O=C(O)C(F)(F)F.O=C(O)C(F)(F)F. The van der Waals surface area contributed by atoms with Gasteiger partial charge in [-0.05, 0) is 32.3 Å². The van der Waals surface area contributed by atoms with E-state index in [0.29, 0.717) is 37.9 Å². The van der Waals surface area contributed by atoms with Crippen LogP contribution < -0.4 is 5.32 Å². The number of likely N-dealkylation sites (N-methyl/N-ethyl adjacent to an activating group) is 1. The van der Waals surface area contributed by atoms with Gasteiger partial charge in [0.1, 0.15) is 11.9 Å². The molecule has 1 aliphatic heterocycles. The highest BCUT2D eigenvalue weighted by molar-refractivity contribution is 5.78. The second kappa shape index (κ2) is 14.8. The van der Waals surface area contributed by atoms with Crippen molar-refractivity contribution in [2.45, 2.75) is 18.4 Å². The smallest absolute Gasteiger partial charge is 0.475 e. The minimum atomic E-state index is -5.08. The molecule has 216 valence electrons. The van der Waals surface area contributed by atoms with E-state index in [4.69, 9.17) is 24.5 Å². The second-order valence-corrected chi connectivity index (χ2v) is 7.81. The summed E-state index contributed by atoms with van der Waals surface area (Å²) in [5.74, 6) is -4.17. The number of morpholine rings is 1. The summed E-state index contributed by atoms with van der Waals surface area (Å²) in [4.78, 5) is 43.0. The average molecular weight is 569 g/mol. The van der Waals surface area contributed by atoms with Crippen molar-refractivity contribution in [3.05, 3.63) is 48.4 Å². The Balaban J connectivity index is 0.000000449. The number of carboxylic acid groups (broad SMARTS) is 2. The molecule has 1 aliphatic rings. The van der Waals surface area contributed by atoms with Crippen LogP contribution in [-0.2, 0) is 19.1 Å². The fraction of sp³-hybridized carbons (Fsp3) is 0.409. The van der Waals surface area contributed by atoms with Crippen LogP contribution >= 0.6 is 0 Å². The number of nitrogens with one attached hydrogen (secondary N) is 1. The molecule has 1 atom stereocenters. The first-order valence-corrected chi connectivity index (χ1v) is 10.8. The van der Waals surface area contributed by atoms with E-state index < -0.39 is 24.3 Å². The number of nitrogens with zero attached hydrogens (tertiary/aromatic N) is 4. The number of carbonyl (C=O) groups is 3. The van der Waals surface area contributed by atoms with Gasteiger partial charge in [0.05, 0.1) is 19.8 Å². The van der Waals surface area contributed by atoms with Gasteiger partial charge in [0, 0.05) is 18.4 Å². The fourth-order valence-corrected chi connectivity index (χ4v) is 2.75. The topological polar surface area (TPSA) is 145 Å². The maximum atomic E-state index is 12.5. The van der Waals surface area contributed by atoms with Crippen LogP contribution in [0.15, 0.2) is 42.6 Å². The lowest BCUT2D eigenvalue weighted by Gasteiger charge is -2.35. The third-order valence-corrected chi connectivity index (χ3v) is 4.40. The first-order chi connectivity index (χ1) is 18.0. The molecule has 1 unspecified atom stereocenters. The Morgan fingerprint density at radius 3 is 2.05 bits per heavy atom. The summed E-state index contributed by atoms with van der Waals surface area (Å²) in [6.45, 7) is 1.86. The summed E-state index contributed by atoms with van der Waals surface area (Å²) in [5.41, 5.74) is 0.951. The molecule has 3 rings (SSSR count). The van der Waals surface area contributed by atoms with Crippen molar-refractivity contribution in [3.8, 4) is 0 Å². The zero-order chi connectivity index (χ0) is 29.8.